The van der Waals surface area contributed by atoms with E-state index in [9.17, 15) is 5.11 Å². The maximum absolute atomic E-state index is 10.4. The molecule has 0 amide bonds. The van der Waals surface area contributed by atoms with E-state index in [1.807, 2.05) is 18.2 Å². The van der Waals surface area contributed by atoms with Gasteiger partial charge in [0.2, 0.25) is 0 Å². The minimum Gasteiger partial charge on any atom is -0.388 e. The first-order valence-electron chi connectivity index (χ1n) is 6.42. The van der Waals surface area contributed by atoms with E-state index >= 15 is 0 Å². The summed E-state index contributed by atoms with van der Waals surface area (Å²) in [5.74, 6) is 0.268. The van der Waals surface area contributed by atoms with Crippen molar-refractivity contribution in [3.8, 4) is 0 Å². The maximum Gasteiger partial charge on any atom is 0.0858 e. The molecule has 2 atom stereocenters. The average molecular weight is 230 g/mol. The SMILES string of the molecule is CC(C)(C)CC[C@H]1C=Cc2ccccc2[C@H]1O. The summed E-state index contributed by atoms with van der Waals surface area (Å²) in [6.07, 6.45) is 6.17. The predicted molar refractivity (Wildman–Crippen MR) is 72.6 cm³/mol. The van der Waals surface area contributed by atoms with Crippen LogP contribution in [0.2, 0.25) is 0 Å². The molecule has 0 heterocycles. The van der Waals surface area contributed by atoms with Crippen LogP contribution in [0.3, 0.4) is 0 Å². The van der Waals surface area contributed by atoms with Crippen LogP contribution in [0.25, 0.3) is 6.08 Å². The highest BCUT2D eigenvalue weighted by molar-refractivity contribution is 5.57. The molecule has 0 saturated heterocycles. The molecule has 0 bridgehead atoms. The van der Waals surface area contributed by atoms with Crippen molar-refractivity contribution >= 4 is 6.08 Å². The third-order valence-electron chi connectivity index (χ3n) is 3.47. The van der Waals surface area contributed by atoms with Crippen molar-refractivity contribution in [3.63, 3.8) is 0 Å². The first kappa shape index (κ1) is 12.4. The van der Waals surface area contributed by atoms with Gasteiger partial charge in [0.05, 0.1) is 6.10 Å². The van der Waals surface area contributed by atoms with Crippen molar-refractivity contribution in [2.45, 2.75) is 39.7 Å². The molecule has 1 heteroatoms. The predicted octanol–water partition coefficient (Wildman–Crippen LogP) is 4.19. The lowest BCUT2D eigenvalue weighted by Gasteiger charge is -2.28. The van der Waals surface area contributed by atoms with Crippen LogP contribution in [0.4, 0.5) is 0 Å². The zero-order chi connectivity index (χ0) is 12.5. The Labute approximate surface area is 104 Å². The molecule has 1 nitrogen and oxygen atoms in total. The topological polar surface area (TPSA) is 20.2 Å². The van der Waals surface area contributed by atoms with Crippen LogP contribution in [0.5, 0.6) is 0 Å². The standard InChI is InChI=1S/C16H22O/c1-16(2,3)11-10-13-9-8-12-6-4-5-7-14(12)15(13)17/h4-9,13,15,17H,10-11H2,1-3H3/t13-,15+/m1/s1. The Kier molecular flexibility index (Phi) is 3.39. The van der Waals surface area contributed by atoms with Gasteiger partial charge in [-0.25, -0.2) is 0 Å². The number of benzene rings is 1. The van der Waals surface area contributed by atoms with E-state index in [1.165, 1.54) is 0 Å². The summed E-state index contributed by atoms with van der Waals surface area (Å²) in [6, 6.07) is 8.12. The zero-order valence-electron chi connectivity index (χ0n) is 11.0. The lowest BCUT2D eigenvalue weighted by Crippen LogP contribution is -2.17. The second-order valence-corrected chi connectivity index (χ2v) is 6.20. The number of hydrogen-bond acceptors (Lipinski definition) is 1. The van der Waals surface area contributed by atoms with E-state index in [-0.39, 0.29) is 12.0 Å². The van der Waals surface area contributed by atoms with E-state index in [1.54, 1.807) is 0 Å². The molecular formula is C16H22O. The second kappa shape index (κ2) is 4.66. The van der Waals surface area contributed by atoms with Crippen LogP contribution in [0, 0.1) is 11.3 Å². The summed E-state index contributed by atoms with van der Waals surface area (Å²) in [4.78, 5) is 0. The van der Waals surface area contributed by atoms with Crippen LogP contribution >= 0.6 is 0 Å². The van der Waals surface area contributed by atoms with Gasteiger partial charge in [-0.15, -0.1) is 0 Å². The van der Waals surface area contributed by atoms with Crippen LogP contribution in [-0.2, 0) is 0 Å². The van der Waals surface area contributed by atoms with Gasteiger partial charge in [0.1, 0.15) is 0 Å². The molecular weight excluding hydrogens is 208 g/mol. The molecule has 2 rings (SSSR count). The van der Waals surface area contributed by atoms with Gasteiger partial charge in [0, 0.05) is 5.92 Å². The minimum atomic E-state index is -0.335. The number of fused-ring (bicyclic) bond motifs is 1. The van der Waals surface area contributed by atoms with E-state index < -0.39 is 0 Å². The zero-order valence-corrected chi connectivity index (χ0v) is 11.0. The molecule has 1 aliphatic rings. The van der Waals surface area contributed by atoms with Gasteiger partial charge < -0.3 is 5.11 Å². The van der Waals surface area contributed by atoms with E-state index in [2.05, 4.69) is 39.0 Å². The number of aliphatic hydroxyl groups is 1. The average Bonchev–Trinajstić information content (AvgIpc) is 2.27. The molecule has 1 aliphatic carbocycles. The highest BCUT2D eigenvalue weighted by Crippen LogP contribution is 2.36. The molecule has 0 aromatic heterocycles. The first-order chi connectivity index (χ1) is 7.97. The number of rotatable bonds is 2. The smallest absolute Gasteiger partial charge is 0.0858 e. The largest absolute Gasteiger partial charge is 0.388 e. The van der Waals surface area contributed by atoms with Crippen molar-refractivity contribution in [2.75, 3.05) is 0 Å². The van der Waals surface area contributed by atoms with Crippen LogP contribution in [0.1, 0.15) is 50.8 Å². The van der Waals surface area contributed by atoms with Crippen molar-refractivity contribution in [2.24, 2.45) is 11.3 Å². The molecule has 1 aromatic carbocycles. The third-order valence-corrected chi connectivity index (χ3v) is 3.47. The fraction of sp³-hybridized carbons (Fsp3) is 0.500. The van der Waals surface area contributed by atoms with Gasteiger partial charge in [-0.3, -0.25) is 0 Å². The number of hydrogen-bond donors (Lipinski definition) is 1. The lowest BCUT2D eigenvalue weighted by molar-refractivity contribution is 0.118. The van der Waals surface area contributed by atoms with E-state index in [0.717, 1.165) is 24.0 Å². The summed E-state index contributed by atoms with van der Waals surface area (Å²) in [5, 5.41) is 10.4. The molecule has 92 valence electrons. The quantitative estimate of drug-likeness (QED) is 0.807. The summed E-state index contributed by atoms with van der Waals surface area (Å²) < 4.78 is 0. The van der Waals surface area contributed by atoms with Gasteiger partial charge in [0.25, 0.3) is 0 Å². The number of aliphatic hydroxyl groups excluding tert-OH is 1. The van der Waals surface area contributed by atoms with Gasteiger partial charge >= 0.3 is 0 Å². The molecule has 0 saturated carbocycles. The molecule has 0 unspecified atom stereocenters. The second-order valence-electron chi connectivity index (χ2n) is 6.20. The summed E-state index contributed by atoms with van der Waals surface area (Å²) in [6.45, 7) is 6.75. The molecule has 1 aromatic rings. The van der Waals surface area contributed by atoms with Crippen molar-refractivity contribution in [3.05, 3.63) is 41.5 Å². The van der Waals surface area contributed by atoms with Crippen molar-refractivity contribution in [1.82, 2.24) is 0 Å². The molecule has 0 fully saturated rings. The molecule has 1 N–H and O–H groups in total. The van der Waals surface area contributed by atoms with Gasteiger partial charge in [-0.2, -0.15) is 0 Å². The monoisotopic (exact) mass is 230 g/mol. The summed E-state index contributed by atoms with van der Waals surface area (Å²) in [7, 11) is 0. The van der Waals surface area contributed by atoms with E-state index in [0.29, 0.717) is 5.41 Å². The Morgan fingerprint density at radius 2 is 1.88 bits per heavy atom. The molecule has 0 aliphatic heterocycles. The molecule has 0 radical (unpaired) electrons. The summed E-state index contributed by atoms with van der Waals surface area (Å²) >= 11 is 0. The highest BCUT2D eigenvalue weighted by atomic mass is 16.3. The summed E-state index contributed by atoms with van der Waals surface area (Å²) in [5.41, 5.74) is 2.57. The van der Waals surface area contributed by atoms with Gasteiger partial charge in [0.15, 0.2) is 0 Å². The molecule has 0 spiro atoms. The van der Waals surface area contributed by atoms with Gasteiger partial charge in [-0.05, 0) is 29.4 Å². The minimum absolute atomic E-state index is 0.268. The third kappa shape index (κ3) is 2.98. The molecule has 17 heavy (non-hydrogen) atoms. The first-order valence-corrected chi connectivity index (χ1v) is 6.42. The Morgan fingerprint density at radius 3 is 2.59 bits per heavy atom. The maximum atomic E-state index is 10.4. The normalized spacial score (nSPS) is 23.5. The Bertz CT molecular complexity index is 412. The van der Waals surface area contributed by atoms with Crippen molar-refractivity contribution < 1.29 is 5.11 Å². The Hall–Kier alpha value is -1.08. The van der Waals surface area contributed by atoms with Crippen LogP contribution in [-0.4, -0.2) is 5.11 Å². The highest BCUT2D eigenvalue weighted by Gasteiger charge is 2.25. The van der Waals surface area contributed by atoms with Crippen molar-refractivity contribution in [1.29, 1.82) is 0 Å². The van der Waals surface area contributed by atoms with Crippen LogP contribution < -0.4 is 0 Å². The lowest BCUT2D eigenvalue weighted by atomic mass is 9.80. The Morgan fingerprint density at radius 1 is 1.18 bits per heavy atom. The van der Waals surface area contributed by atoms with Gasteiger partial charge in [-0.1, -0.05) is 57.2 Å². The van der Waals surface area contributed by atoms with Crippen LogP contribution in [0.15, 0.2) is 30.3 Å². The van der Waals surface area contributed by atoms with E-state index in [4.69, 9.17) is 0 Å². The fourth-order valence-electron chi connectivity index (χ4n) is 2.35. The Balaban J connectivity index is 2.10. The fourth-order valence-corrected chi connectivity index (χ4v) is 2.35.